The first-order chi connectivity index (χ1) is 9.91. The van der Waals surface area contributed by atoms with Crippen molar-refractivity contribution in [3.63, 3.8) is 0 Å². The molecule has 0 unspecified atom stereocenters. The number of halogens is 2. The van der Waals surface area contributed by atoms with Gasteiger partial charge in [-0.3, -0.25) is 4.98 Å². The van der Waals surface area contributed by atoms with Gasteiger partial charge in [0, 0.05) is 40.8 Å². The molecule has 0 bridgehead atoms. The third-order valence-corrected chi connectivity index (χ3v) is 6.33. The molecule has 0 aliphatic rings. The third-order valence-electron chi connectivity index (χ3n) is 2.99. The van der Waals surface area contributed by atoms with Gasteiger partial charge >= 0.3 is 0 Å². The molecule has 0 N–H and O–H groups in total. The van der Waals surface area contributed by atoms with E-state index in [1.807, 2.05) is 18.2 Å². The molecular formula is C14H14Br2N2O2S. The molecule has 0 radical (unpaired) electrons. The molecule has 21 heavy (non-hydrogen) atoms. The zero-order valence-corrected chi connectivity index (χ0v) is 15.3. The second kappa shape index (κ2) is 7.00. The van der Waals surface area contributed by atoms with Gasteiger partial charge in [-0.15, -0.1) is 0 Å². The fourth-order valence-electron chi connectivity index (χ4n) is 1.78. The Hall–Kier alpha value is -0.760. The lowest BCUT2D eigenvalue weighted by atomic mass is 10.3. The predicted molar refractivity (Wildman–Crippen MR) is 89.6 cm³/mol. The van der Waals surface area contributed by atoms with E-state index in [2.05, 4.69) is 36.8 Å². The maximum absolute atomic E-state index is 12.6. The second-order valence-corrected chi connectivity index (χ2v) is 8.26. The maximum Gasteiger partial charge on any atom is 0.243 e. The molecule has 7 heteroatoms. The van der Waals surface area contributed by atoms with Gasteiger partial charge in [0.15, 0.2) is 0 Å². The van der Waals surface area contributed by atoms with Gasteiger partial charge in [-0.2, -0.15) is 0 Å². The molecule has 0 aliphatic heterocycles. The summed E-state index contributed by atoms with van der Waals surface area (Å²) in [5.74, 6) is 0. The van der Waals surface area contributed by atoms with Gasteiger partial charge in [0.2, 0.25) is 10.0 Å². The Morgan fingerprint density at radius 3 is 2.62 bits per heavy atom. The molecule has 0 atom stereocenters. The number of hydrogen-bond acceptors (Lipinski definition) is 3. The maximum atomic E-state index is 12.6. The van der Waals surface area contributed by atoms with Crippen molar-refractivity contribution in [3.05, 3.63) is 57.2 Å². The van der Waals surface area contributed by atoms with Gasteiger partial charge in [-0.25, -0.2) is 12.7 Å². The molecule has 0 saturated heterocycles. The monoisotopic (exact) mass is 432 g/mol. The minimum Gasteiger partial charge on any atom is -0.261 e. The Morgan fingerprint density at radius 1 is 1.19 bits per heavy atom. The van der Waals surface area contributed by atoms with E-state index >= 15 is 0 Å². The fourth-order valence-corrected chi connectivity index (χ4v) is 4.41. The van der Waals surface area contributed by atoms with Crippen LogP contribution in [0, 0.1) is 0 Å². The highest BCUT2D eigenvalue weighted by Gasteiger charge is 2.23. The molecule has 4 nitrogen and oxygen atoms in total. The van der Waals surface area contributed by atoms with Crippen LogP contribution >= 0.6 is 31.9 Å². The summed E-state index contributed by atoms with van der Waals surface area (Å²) < 4.78 is 27.8. The van der Waals surface area contributed by atoms with E-state index < -0.39 is 10.0 Å². The number of benzene rings is 1. The fraction of sp³-hybridized carbons (Fsp3) is 0.214. The molecule has 0 aliphatic carbocycles. The minimum absolute atomic E-state index is 0.250. The van der Waals surface area contributed by atoms with Crippen LogP contribution in [0.15, 0.2) is 56.4 Å². The van der Waals surface area contributed by atoms with Crippen LogP contribution in [0.2, 0.25) is 0 Å². The molecule has 1 aromatic carbocycles. The first-order valence-electron chi connectivity index (χ1n) is 6.22. The molecule has 2 aromatic rings. The Bertz CT molecular complexity index is 721. The first-order valence-corrected chi connectivity index (χ1v) is 9.25. The van der Waals surface area contributed by atoms with Crippen molar-refractivity contribution in [1.82, 2.24) is 9.29 Å². The van der Waals surface area contributed by atoms with E-state index in [1.54, 1.807) is 31.4 Å². The van der Waals surface area contributed by atoms with Gasteiger partial charge in [0.05, 0.1) is 4.90 Å². The van der Waals surface area contributed by atoms with Gasteiger partial charge < -0.3 is 0 Å². The Balaban J connectivity index is 2.17. The smallest absolute Gasteiger partial charge is 0.243 e. The number of nitrogens with zero attached hydrogens (tertiary/aromatic N) is 2. The molecule has 0 saturated carbocycles. The predicted octanol–water partition coefficient (Wildman–Crippen LogP) is 3.47. The summed E-state index contributed by atoms with van der Waals surface area (Å²) in [6, 6.07) is 10.7. The molecule has 1 aromatic heterocycles. The molecule has 2 rings (SSSR count). The van der Waals surface area contributed by atoms with Crippen molar-refractivity contribution in [2.45, 2.75) is 11.3 Å². The minimum atomic E-state index is -3.53. The lowest BCUT2D eigenvalue weighted by molar-refractivity contribution is 0.470. The van der Waals surface area contributed by atoms with E-state index in [-0.39, 0.29) is 4.90 Å². The van der Waals surface area contributed by atoms with Crippen LogP contribution in [0.1, 0.15) is 5.69 Å². The highest BCUT2D eigenvalue weighted by molar-refractivity contribution is 9.11. The van der Waals surface area contributed by atoms with E-state index in [4.69, 9.17) is 0 Å². The van der Waals surface area contributed by atoms with Gasteiger partial charge in [-0.1, -0.05) is 22.0 Å². The number of hydrogen-bond donors (Lipinski definition) is 0. The lowest BCUT2D eigenvalue weighted by Crippen LogP contribution is -2.29. The summed E-state index contributed by atoms with van der Waals surface area (Å²) in [6.07, 6.45) is 2.27. The lowest BCUT2D eigenvalue weighted by Gasteiger charge is -2.18. The van der Waals surface area contributed by atoms with Crippen LogP contribution in [0.25, 0.3) is 0 Å². The highest BCUT2D eigenvalue weighted by atomic mass is 79.9. The third kappa shape index (κ3) is 4.12. The zero-order chi connectivity index (χ0) is 15.5. The molecule has 112 valence electrons. The number of likely N-dealkylation sites (N-methyl/N-ethyl adjacent to an activating group) is 1. The van der Waals surface area contributed by atoms with Crippen LogP contribution in [0.5, 0.6) is 0 Å². The summed E-state index contributed by atoms with van der Waals surface area (Å²) in [6.45, 7) is 0.373. The standard InChI is InChI=1S/C14H14Br2N2O2S/c1-18(9-7-12-4-2-3-8-17-12)21(19,20)14-10-11(15)5-6-13(14)16/h2-6,8,10H,7,9H2,1H3. The van der Waals surface area contributed by atoms with Crippen molar-refractivity contribution in [3.8, 4) is 0 Å². The Morgan fingerprint density at radius 2 is 1.95 bits per heavy atom. The summed E-state index contributed by atoms with van der Waals surface area (Å²) in [5, 5.41) is 0. The van der Waals surface area contributed by atoms with Gasteiger partial charge in [-0.05, 0) is 46.3 Å². The number of aromatic nitrogens is 1. The average Bonchev–Trinajstić information content (AvgIpc) is 2.48. The van der Waals surface area contributed by atoms with Crippen molar-refractivity contribution in [1.29, 1.82) is 0 Å². The van der Waals surface area contributed by atoms with Gasteiger partial charge in [0.1, 0.15) is 0 Å². The zero-order valence-electron chi connectivity index (χ0n) is 11.3. The number of pyridine rings is 1. The van der Waals surface area contributed by atoms with E-state index in [9.17, 15) is 8.42 Å². The number of rotatable bonds is 5. The van der Waals surface area contributed by atoms with E-state index in [1.165, 1.54) is 4.31 Å². The summed E-state index contributed by atoms with van der Waals surface area (Å²) >= 11 is 6.59. The van der Waals surface area contributed by atoms with Crippen LogP contribution in [-0.4, -0.2) is 31.3 Å². The molecule has 1 heterocycles. The van der Waals surface area contributed by atoms with Crippen molar-refractivity contribution in [2.24, 2.45) is 0 Å². The van der Waals surface area contributed by atoms with Crippen LogP contribution in [-0.2, 0) is 16.4 Å². The molecule has 0 amide bonds. The summed E-state index contributed by atoms with van der Waals surface area (Å²) in [5.41, 5.74) is 0.868. The van der Waals surface area contributed by atoms with Gasteiger partial charge in [0.25, 0.3) is 0 Å². The SMILES string of the molecule is CN(CCc1ccccn1)S(=O)(=O)c1cc(Br)ccc1Br. The summed E-state index contributed by atoms with van der Waals surface area (Å²) in [4.78, 5) is 4.45. The largest absolute Gasteiger partial charge is 0.261 e. The number of sulfonamides is 1. The molecule has 0 fully saturated rings. The second-order valence-electron chi connectivity index (χ2n) is 4.47. The van der Waals surface area contributed by atoms with Crippen LogP contribution < -0.4 is 0 Å². The quantitative estimate of drug-likeness (QED) is 0.725. The van der Waals surface area contributed by atoms with Crippen molar-refractivity contribution >= 4 is 41.9 Å². The van der Waals surface area contributed by atoms with Crippen LogP contribution in [0.4, 0.5) is 0 Å². The summed E-state index contributed by atoms with van der Waals surface area (Å²) in [7, 11) is -1.96. The Kier molecular flexibility index (Phi) is 5.54. The molecular weight excluding hydrogens is 420 g/mol. The molecule has 0 spiro atoms. The Labute approximate surface area is 141 Å². The van der Waals surface area contributed by atoms with Crippen molar-refractivity contribution < 1.29 is 8.42 Å². The normalized spacial score (nSPS) is 11.8. The first kappa shape index (κ1) is 16.6. The van der Waals surface area contributed by atoms with E-state index in [0.29, 0.717) is 17.4 Å². The topological polar surface area (TPSA) is 50.3 Å². The highest BCUT2D eigenvalue weighted by Crippen LogP contribution is 2.27. The van der Waals surface area contributed by atoms with Crippen molar-refractivity contribution in [2.75, 3.05) is 13.6 Å². The van der Waals surface area contributed by atoms with Crippen LogP contribution in [0.3, 0.4) is 0 Å². The van der Waals surface area contributed by atoms with E-state index in [0.717, 1.165) is 10.2 Å². The average molecular weight is 434 g/mol.